The molecule has 0 aliphatic rings. The third kappa shape index (κ3) is 8.50. The molecule has 0 amide bonds. The fourth-order valence-electron chi connectivity index (χ4n) is 2.00. The molecular formula is C16H27ClN4O4S. The van der Waals surface area contributed by atoms with Gasteiger partial charge in [0, 0.05) is 6.54 Å². The smallest absolute Gasteiger partial charge is 0.324 e. The van der Waals surface area contributed by atoms with E-state index in [1.54, 1.807) is 12.1 Å². The van der Waals surface area contributed by atoms with E-state index >= 15 is 0 Å². The number of benzene rings is 1. The summed E-state index contributed by atoms with van der Waals surface area (Å²) in [6.07, 6.45) is 1.31. The Morgan fingerprint density at radius 3 is 2.42 bits per heavy atom. The van der Waals surface area contributed by atoms with E-state index in [0.717, 1.165) is 5.56 Å². The molecule has 10 heteroatoms. The average molecular weight is 407 g/mol. The number of guanidine groups is 1. The maximum Gasteiger partial charge on any atom is 0.324 e. The van der Waals surface area contributed by atoms with Crippen LogP contribution < -0.4 is 16.2 Å². The van der Waals surface area contributed by atoms with E-state index in [9.17, 15) is 13.2 Å². The molecule has 1 rings (SSSR count). The second-order valence-corrected chi connectivity index (χ2v) is 7.32. The van der Waals surface area contributed by atoms with Gasteiger partial charge in [0.05, 0.1) is 11.5 Å². The van der Waals surface area contributed by atoms with Gasteiger partial charge in [-0.1, -0.05) is 24.6 Å². The van der Waals surface area contributed by atoms with Gasteiger partial charge in [0.1, 0.15) is 6.04 Å². The number of sulfonamides is 1. The van der Waals surface area contributed by atoms with Crippen molar-refractivity contribution >= 4 is 34.4 Å². The largest absolute Gasteiger partial charge is 0.465 e. The van der Waals surface area contributed by atoms with Crippen molar-refractivity contribution in [2.24, 2.45) is 16.5 Å². The van der Waals surface area contributed by atoms with Crippen molar-refractivity contribution in [3.05, 3.63) is 29.8 Å². The zero-order chi connectivity index (χ0) is 18.9. The molecule has 0 bridgehead atoms. The Kier molecular flexibility index (Phi) is 10.9. The fraction of sp³-hybridized carbons (Fsp3) is 0.500. The van der Waals surface area contributed by atoms with Gasteiger partial charge < -0.3 is 16.2 Å². The number of hydrogen-bond acceptors (Lipinski definition) is 5. The van der Waals surface area contributed by atoms with Crippen LogP contribution in [0.2, 0.25) is 0 Å². The zero-order valence-corrected chi connectivity index (χ0v) is 16.6. The Morgan fingerprint density at radius 1 is 1.27 bits per heavy atom. The van der Waals surface area contributed by atoms with Gasteiger partial charge in [-0.25, -0.2) is 8.42 Å². The van der Waals surface area contributed by atoms with Crippen LogP contribution in [-0.4, -0.2) is 39.5 Å². The maximum absolute atomic E-state index is 12.5. The van der Waals surface area contributed by atoms with Crippen LogP contribution in [0, 0.1) is 6.92 Å². The minimum absolute atomic E-state index is 0. The Hall–Kier alpha value is -1.84. The lowest BCUT2D eigenvalue weighted by atomic mass is 10.2. The number of carbonyl (C=O) groups is 1. The van der Waals surface area contributed by atoms with Gasteiger partial charge >= 0.3 is 5.97 Å². The summed E-state index contributed by atoms with van der Waals surface area (Å²) < 4.78 is 32.5. The Bertz CT molecular complexity index is 689. The van der Waals surface area contributed by atoms with Crippen molar-refractivity contribution in [3.8, 4) is 0 Å². The molecule has 5 N–H and O–H groups in total. The fourth-order valence-corrected chi connectivity index (χ4v) is 3.22. The number of nitrogens with zero attached hydrogens (tertiary/aromatic N) is 1. The summed E-state index contributed by atoms with van der Waals surface area (Å²) in [5.74, 6) is -0.660. The number of ether oxygens (including phenoxy) is 1. The quantitative estimate of drug-likeness (QED) is 0.230. The summed E-state index contributed by atoms with van der Waals surface area (Å²) in [5, 5.41) is 0. The first kappa shape index (κ1) is 24.2. The molecule has 0 aliphatic carbocycles. The van der Waals surface area contributed by atoms with Gasteiger partial charge in [0.25, 0.3) is 0 Å². The standard InChI is InChI=1S/C16H26N4O4S.ClH/c1-3-11-24-15(21)14(5-4-10-19-16(17)18)20-25(22,23)13-8-6-12(2)7-9-13;/h6-9,14,20H,3-5,10-11H2,1-2H3,(H4,17,18,19);1H/t14-;/m0./s1. The first-order chi connectivity index (χ1) is 11.8. The molecule has 0 aromatic heterocycles. The molecule has 0 heterocycles. The van der Waals surface area contributed by atoms with Gasteiger partial charge in [-0.2, -0.15) is 4.72 Å². The Labute approximate surface area is 160 Å². The van der Waals surface area contributed by atoms with E-state index < -0.39 is 22.0 Å². The highest BCUT2D eigenvalue weighted by Crippen LogP contribution is 2.12. The second kappa shape index (κ2) is 11.7. The molecule has 8 nitrogen and oxygen atoms in total. The van der Waals surface area contributed by atoms with E-state index in [2.05, 4.69) is 9.71 Å². The molecule has 0 spiro atoms. The predicted octanol–water partition coefficient (Wildman–Crippen LogP) is 1.07. The molecule has 0 radical (unpaired) electrons. The van der Waals surface area contributed by atoms with E-state index in [1.165, 1.54) is 12.1 Å². The number of halogens is 1. The molecule has 26 heavy (non-hydrogen) atoms. The minimum Gasteiger partial charge on any atom is -0.465 e. The van der Waals surface area contributed by atoms with Gasteiger partial charge in [0.2, 0.25) is 10.0 Å². The monoisotopic (exact) mass is 406 g/mol. The third-order valence-electron chi connectivity index (χ3n) is 3.31. The van der Waals surface area contributed by atoms with Crippen LogP contribution >= 0.6 is 12.4 Å². The summed E-state index contributed by atoms with van der Waals surface area (Å²) in [6.45, 7) is 4.25. The van der Waals surface area contributed by atoms with E-state index in [4.69, 9.17) is 16.2 Å². The normalized spacial score (nSPS) is 11.9. The topological polar surface area (TPSA) is 137 Å². The summed E-state index contributed by atoms with van der Waals surface area (Å²) >= 11 is 0. The average Bonchev–Trinajstić information content (AvgIpc) is 2.55. The molecular weight excluding hydrogens is 380 g/mol. The number of rotatable bonds is 10. The highest BCUT2D eigenvalue weighted by atomic mass is 35.5. The van der Waals surface area contributed by atoms with Crippen molar-refractivity contribution in [2.45, 2.75) is 44.0 Å². The lowest BCUT2D eigenvalue weighted by Crippen LogP contribution is -2.42. The summed E-state index contributed by atoms with van der Waals surface area (Å²) in [6, 6.07) is 5.37. The van der Waals surface area contributed by atoms with Crippen LogP contribution in [0.25, 0.3) is 0 Å². The number of esters is 1. The van der Waals surface area contributed by atoms with Crippen molar-refractivity contribution in [1.82, 2.24) is 4.72 Å². The van der Waals surface area contributed by atoms with Crippen LogP contribution in [0.15, 0.2) is 34.2 Å². The van der Waals surface area contributed by atoms with Crippen LogP contribution in [0.4, 0.5) is 0 Å². The molecule has 0 fully saturated rings. The number of carbonyl (C=O) groups excluding carboxylic acids is 1. The van der Waals surface area contributed by atoms with Crippen molar-refractivity contribution in [2.75, 3.05) is 13.2 Å². The van der Waals surface area contributed by atoms with E-state index in [-0.39, 0.29) is 36.3 Å². The Morgan fingerprint density at radius 2 is 1.88 bits per heavy atom. The Balaban J connectivity index is 0.00000625. The summed E-state index contributed by atoms with van der Waals surface area (Å²) in [7, 11) is -3.84. The molecule has 1 aromatic rings. The first-order valence-electron chi connectivity index (χ1n) is 8.07. The number of hydrogen-bond donors (Lipinski definition) is 3. The van der Waals surface area contributed by atoms with Gasteiger partial charge in [-0.3, -0.25) is 9.79 Å². The van der Waals surface area contributed by atoms with Gasteiger partial charge in [-0.15, -0.1) is 12.4 Å². The minimum atomic E-state index is -3.84. The van der Waals surface area contributed by atoms with Crippen molar-refractivity contribution < 1.29 is 17.9 Å². The van der Waals surface area contributed by atoms with Gasteiger partial charge in [0.15, 0.2) is 5.96 Å². The molecule has 1 atom stereocenters. The molecule has 0 saturated carbocycles. The lowest BCUT2D eigenvalue weighted by molar-refractivity contribution is -0.145. The van der Waals surface area contributed by atoms with E-state index in [0.29, 0.717) is 19.4 Å². The SMILES string of the molecule is CCCOC(=O)[C@H](CCCN=C(N)N)NS(=O)(=O)c1ccc(C)cc1.Cl. The second-order valence-electron chi connectivity index (χ2n) is 5.60. The maximum atomic E-state index is 12.5. The molecule has 0 unspecified atom stereocenters. The number of nitrogens with two attached hydrogens (primary N) is 2. The predicted molar refractivity (Wildman–Crippen MR) is 104 cm³/mol. The van der Waals surface area contributed by atoms with E-state index in [1.807, 2.05) is 13.8 Å². The van der Waals surface area contributed by atoms with Crippen molar-refractivity contribution in [1.29, 1.82) is 0 Å². The van der Waals surface area contributed by atoms with Gasteiger partial charge in [-0.05, 0) is 38.3 Å². The lowest BCUT2D eigenvalue weighted by Gasteiger charge is -2.17. The van der Waals surface area contributed by atoms with Crippen LogP contribution in [0.1, 0.15) is 31.7 Å². The molecule has 148 valence electrons. The first-order valence-corrected chi connectivity index (χ1v) is 9.55. The van der Waals surface area contributed by atoms with Crippen LogP contribution in [-0.2, 0) is 19.6 Å². The summed E-state index contributed by atoms with van der Waals surface area (Å²) in [5.41, 5.74) is 11.4. The number of aliphatic imine (C=N–C) groups is 1. The molecule has 0 saturated heterocycles. The number of nitrogens with one attached hydrogen (secondary N) is 1. The zero-order valence-electron chi connectivity index (χ0n) is 15.0. The van der Waals surface area contributed by atoms with Crippen molar-refractivity contribution in [3.63, 3.8) is 0 Å². The highest BCUT2D eigenvalue weighted by molar-refractivity contribution is 7.89. The molecule has 1 aromatic carbocycles. The number of aryl methyl sites for hydroxylation is 1. The van der Waals surface area contributed by atoms with Crippen LogP contribution in [0.3, 0.4) is 0 Å². The summed E-state index contributed by atoms with van der Waals surface area (Å²) in [4.78, 5) is 16.1. The highest BCUT2D eigenvalue weighted by Gasteiger charge is 2.26. The molecule has 0 aliphatic heterocycles. The third-order valence-corrected chi connectivity index (χ3v) is 4.79. The van der Waals surface area contributed by atoms with Crippen LogP contribution in [0.5, 0.6) is 0 Å².